The lowest BCUT2D eigenvalue weighted by Gasteiger charge is -2.09. The molecule has 2 rings (SSSR count). The van der Waals surface area contributed by atoms with Gasteiger partial charge in [-0.25, -0.2) is 4.98 Å². The molecule has 1 heterocycles. The lowest BCUT2D eigenvalue weighted by Crippen LogP contribution is -2.07. The molecule has 1 atom stereocenters. The summed E-state index contributed by atoms with van der Waals surface area (Å²) in [6.45, 7) is 0.321. The maximum Gasteiger partial charge on any atom is 0.137 e. The first-order valence-electron chi connectivity index (χ1n) is 4.80. The fourth-order valence-electron chi connectivity index (χ4n) is 1.42. The largest absolute Gasteiger partial charge is 0.250 e. The molecule has 5 nitrogen and oxygen atoms in total. The first-order valence-corrected chi connectivity index (χ1v) is 5.56. The Morgan fingerprint density at radius 2 is 2.18 bits per heavy atom. The molecular weight excluding hydrogens is 263 g/mol. The first kappa shape index (κ1) is 12.0. The molecule has 7 heteroatoms. The van der Waals surface area contributed by atoms with Gasteiger partial charge in [-0.15, -0.1) is 0 Å². The number of nitroso groups, excluding NO2 is 1. The fourth-order valence-corrected chi connectivity index (χ4v) is 1.73. The van der Waals surface area contributed by atoms with Crippen LogP contribution in [0.1, 0.15) is 11.6 Å². The summed E-state index contributed by atoms with van der Waals surface area (Å²) in [6, 6.07) is 4.43. The van der Waals surface area contributed by atoms with Gasteiger partial charge in [0, 0.05) is 0 Å². The van der Waals surface area contributed by atoms with Crippen molar-refractivity contribution < 1.29 is 0 Å². The minimum absolute atomic E-state index is 0.321. The first-order chi connectivity index (χ1) is 8.20. The van der Waals surface area contributed by atoms with Gasteiger partial charge < -0.3 is 0 Å². The standard InChI is InChI=1S/C10H8Cl2N4O/c11-8-2-1-7(3-9(8)12)10(15-17)4-16-6-13-5-14-16/h1-3,5-6,10H,4H2. The maximum atomic E-state index is 10.8. The quantitative estimate of drug-likeness (QED) is 0.803. The van der Waals surface area contributed by atoms with E-state index in [1.54, 1.807) is 18.2 Å². The molecule has 0 aliphatic heterocycles. The van der Waals surface area contributed by atoms with E-state index >= 15 is 0 Å². The average molecular weight is 271 g/mol. The number of nitrogens with zero attached hydrogens (tertiary/aromatic N) is 4. The van der Waals surface area contributed by atoms with E-state index in [2.05, 4.69) is 15.3 Å². The SMILES string of the molecule is O=NC(Cn1cncn1)c1ccc(Cl)c(Cl)c1. The van der Waals surface area contributed by atoms with Crippen molar-refractivity contribution in [1.29, 1.82) is 0 Å². The Morgan fingerprint density at radius 3 is 2.76 bits per heavy atom. The van der Waals surface area contributed by atoms with Crippen LogP contribution >= 0.6 is 23.2 Å². The van der Waals surface area contributed by atoms with E-state index in [1.807, 2.05) is 0 Å². The van der Waals surface area contributed by atoms with Crippen molar-refractivity contribution in [2.24, 2.45) is 5.18 Å². The topological polar surface area (TPSA) is 60.1 Å². The van der Waals surface area contributed by atoms with E-state index in [0.717, 1.165) is 0 Å². The Balaban J connectivity index is 2.23. The Bertz CT molecular complexity index is 515. The van der Waals surface area contributed by atoms with E-state index in [1.165, 1.54) is 17.3 Å². The van der Waals surface area contributed by atoms with Gasteiger partial charge >= 0.3 is 0 Å². The van der Waals surface area contributed by atoms with Crippen LogP contribution in [0.3, 0.4) is 0 Å². The summed E-state index contributed by atoms with van der Waals surface area (Å²) in [5.41, 5.74) is 0.699. The van der Waals surface area contributed by atoms with Gasteiger partial charge in [-0.05, 0) is 17.7 Å². The average Bonchev–Trinajstić information content (AvgIpc) is 2.82. The molecule has 1 unspecified atom stereocenters. The molecule has 1 aromatic carbocycles. The van der Waals surface area contributed by atoms with E-state index in [4.69, 9.17) is 23.2 Å². The van der Waals surface area contributed by atoms with Gasteiger partial charge in [0.1, 0.15) is 18.7 Å². The molecule has 0 bridgehead atoms. The Labute approximate surface area is 107 Å². The molecule has 0 aliphatic carbocycles. The molecule has 0 saturated heterocycles. The summed E-state index contributed by atoms with van der Waals surface area (Å²) in [5.74, 6) is 0. The van der Waals surface area contributed by atoms with E-state index in [-0.39, 0.29) is 0 Å². The minimum Gasteiger partial charge on any atom is -0.250 e. The zero-order valence-electron chi connectivity index (χ0n) is 8.62. The monoisotopic (exact) mass is 270 g/mol. The lowest BCUT2D eigenvalue weighted by molar-refractivity contribution is 0.526. The highest BCUT2D eigenvalue weighted by molar-refractivity contribution is 6.42. The zero-order chi connectivity index (χ0) is 12.3. The predicted octanol–water partition coefficient (Wildman–Crippen LogP) is 3.09. The molecule has 0 N–H and O–H groups in total. The molecule has 2 aromatic rings. The minimum atomic E-state index is -0.563. The van der Waals surface area contributed by atoms with Crippen LogP contribution in [0.2, 0.25) is 10.0 Å². The van der Waals surface area contributed by atoms with Gasteiger partial charge in [0.05, 0.1) is 16.6 Å². The number of hydrogen-bond donors (Lipinski definition) is 0. The number of rotatable bonds is 4. The van der Waals surface area contributed by atoms with Gasteiger partial charge in [-0.1, -0.05) is 34.4 Å². The molecule has 0 radical (unpaired) electrons. The van der Waals surface area contributed by atoms with Gasteiger partial charge in [-0.3, -0.25) is 4.68 Å². The third-order valence-corrected chi connectivity index (χ3v) is 3.02. The van der Waals surface area contributed by atoms with E-state index < -0.39 is 6.04 Å². The third kappa shape index (κ3) is 2.81. The van der Waals surface area contributed by atoms with Crippen LogP contribution in [0, 0.1) is 4.91 Å². The number of hydrogen-bond acceptors (Lipinski definition) is 4. The smallest absolute Gasteiger partial charge is 0.137 e. The second-order valence-corrected chi connectivity index (χ2v) is 4.23. The van der Waals surface area contributed by atoms with Crippen molar-refractivity contribution in [3.63, 3.8) is 0 Å². The van der Waals surface area contributed by atoms with Crippen molar-refractivity contribution in [2.75, 3.05) is 0 Å². The van der Waals surface area contributed by atoms with Crippen LogP contribution in [0.4, 0.5) is 0 Å². The van der Waals surface area contributed by atoms with Crippen molar-refractivity contribution in [2.45, 2.75) is 12.6 Å². The van der Waals surface area contributed by atoms with Gasteiger partial charge in [0.25, 0.3) is 0 Å². The van der Waals surface area contributed by atoms with Crippen molar-refractivity contribution in [1.82, 2.24) is 14.8 Å². The van der Waals surface area contributed by atoms with E-state index in [9.17, 15) is 4.91 Å². The number of aromatic nitrogens is 3. The van der Waals surface area contributed by atoms with Crippen LogP contribution in [0.15, 0.2) is 36.0 Å². The van der Waals surface area contributed by atoms with Crippen molar-refractivity contribution in [3.05, 3.63) is 51.4 Å². The van der Waals surface area contributed by atoms with Crippen LogP contribution in [0.25, 0.3) is 0 Å². The summed E-state index contributed by atoms with van der Waals surface area (Å²) < 4.78 is 1.54. The van der Waals surface area contributed by atoms with E-state index in [0.29, 0.717) is 22.2 Å². The summed E-state index contributed by atoms with van der Waals surface area (Å²) in [6.07, 6.45) is 2.92. The highest BCUT2D eigenvalue weighted by Gasteiger charge is 2.14. The number of benzene rings is 1. The molecule has 88 valence electrons. The molecule has 1 aromatic heterocycles. The molecular formula is C10H8Cl2N4O. The Morgan fingerprint density at radius 1 is 1.35 bits per heavy atom. The second-order valence-electron chi connectivity index (χ2n) is 3.41. The highest BCUT2D eigenvalue weighted by atomic mass is 35.5. The Hall–Kier alpha value is -1.46. The Kier molecular flexibility index (Phi) is 3.71. The molecule has 17 heavy (non-hydrogen) atoms. The molecule has 0 saturated carbocycles. The maximum absolute atomic E-state index is 10.8. The summed E-state index contributed by atoms with van der Waals surface area (Å²) in [5, 5.41) is 7.83. The van der Waals surface area contributed by atoms with Crippen LogP contribution in [0.5, 0.6) is 0 Å². The van der Waals surface area contributed by atoms with Gasteiger partial charge in [0.2, 0.25) is 0 Å². The lowest BCUT2D eigenvalue weighted by atomic mass is 10.1. The molecule has 0 aliphatic rings. The fraction of sp³-hybridized carbons (Fsp3) is 0.200. The number of halogens is 2. The predicted molar refractivity (Wildman–Crippen MR) is 65.0 cm³/mol. The van der Waals surface area contributed by atoms with Crippen molar-refractivity contribution >= 4 is 23.2 Å². The second kappa shape index (κ2) is 5.25. The molecule has 0 amide bonds. The summed E-state index contributed by atoms with van der Waals surface area (Å²) in [7, 11) is 0. The molecule has 0 spiro atoms. The normalized spacial score (nSPS) is 12.4. The molecule has 0 fully saturated rings. The van der Waals surface area contributed by atoms with Gasteiger partial charge in [-0.2, -0.15) is 10.0 Å². The summed E-state index contributed by atoms with van der Waals surface area (Å²) in [4.78, 5) is 14.6. The zero-order valence-corrected chi connectivity index (χ0v) is 10.1. The van der Waals surface area contributed by atoms with Crippen molar-refractivity contribution in [3.8, 4) is 0 Å². The third-order valence-electron chi connectivity index (χ3n) is 2.28. The van der Waals surface area contributed by atoms with Crippen LogP contribution < -0.4 is 0 Å². The summed E-state index contributed by atoms with van der Waals surface area (Å²) >= 11 is 11.7. The van der Waals surface area contributed by atoms with Crippen LogP contribution in [-0.4, -0.2) is 14.8 Å². The van der Waals surface area contributed by atoms with Crippen LogP contribution in [-0.2, 0) is 6.54 Å². The van der Waals surface area contributed by atoms with Gasteiger partial charge in [0.15, 0.2) is 0 Å². The highest BCUT2D eigenvalue weighted by Crippen LogP contribution is 2.27.